The van der Waals surface area contributed by atoms with Crippen LogP contribution < -0.4 is 10.9 Å². The summed E-state index contributed by atoms with van der Waals surface area (Å²) in [5.74, 6) is 0.719. The number of hydrogen-bond donors (Lipinski definition) is 1. The van der Waals surface area contributed by atoms with E-state index in [2.05, 4.69) is 24.1 Å². The second kappa shape index (κ2) is 9.73. The van der Waals surface area contributed by atoms with Gasteiger partial charge in [-0.1, -0.05) is 37.7 Å². The number of rotatable bonds is 9. The van der Waals surface area contributed by atoms with Crippen LogP contribution in [0.5, 0.6) is 0 Å². The van der Waals surface area contributed by atoms with Crippen LogP contribution in [0, 0.1) is 5.92 Å². The van der Waals surface area contributed by atoms with Crippen LogP contribution in [0.2, 0.25) is 0 Å². The fourth-order valence-corrected chi connectivity index (χ4v) is 3.54. The van der Waals surface area contributed by atoms with Crippen molar-refractivity contribution < 1.29 is 9.53 Å². The van der Waals surface area contributed by atoms with Gasteiger partial charge in [-0.25, -0.2) is 4.98 Å². The highest BCUT2D eigenvalue weighted by atomic mass is 32.2. The SMILES string of the molecule is COC[C@H](C)n1c(SCC(=O)NCCC(C)C)nc2ccccc2c1=O. The van der Waals surface area contributed by atoms with Gasteiger partial charge in [-0.3, -0.25) is 14.2 Å². The Balaban J connectivity index is 2.23. The summed E-state index contributed by atoms with van der Waals surface area (Å²) in [6.45, 7) is 7.21. The van der Waals surface area contributed by atoms with E-state index in [1.807, 2.05) is 25.1 Å². The van der Waals surface area contributed by atoms with E-state index >= 15 is 0 Å². The van der Waals surface area contributed by atoms with E-state index in [4.69, 9.17) is 4.74 Å². The quantitative estimate of drug-likeness (QED) is 0.537. The molecule has 6 nitrogen and oxygen atoms in total. The van der Waals surface area contributed by atoms with Gasteiger partial charge in [0.05, 0.1) is 29.3 Å². The monoisotopic (exact) mass is 377 g/mol. The normalized spacial score (nSPS) is 12.5. The molecule has 1 amide bonds. The highest BCUT2D eigenvalue weighted by Crippen LogP contribution is 2.21. The first-order valence-electron chi connectivity index (χ1n) is 8.83. The van der Waals surface area contributed by atoms with Gasteiger partial charge >= 0.3 is 0 Å². The van der Waals surface area contributed by atoms with Gasteiger partial charge in [-0.2, -0.15) is 0 Å². The Bertz CT molecular complexity index is 804. The predicted octanol–water partition coefficient (Wildman–Crippen LogP) is 2.86. The van der Waals surface area contributed by atoms with Crippen molar-refractivity contribution in [3.8, 4) is 0 Å². The lowest BCUT2D eigenvalue weighted by atomic mass is 10.1. The Morgan fingerprint density at radius 2 is 2.04 bits per heavy atom. The molecule has 1 aromatic heterocycles. The zero-order valence-corrected chi connectivity index (χ0v) is 16.6. The maximum atomic E-state index is 12.9. The number of para-hydroxylation sites is 1. The number of amides is 1. The van der Waals surface area contributed by atoms with Crippen LogP contribution in [0.25, 0.3) is 10.9 Å². The van der Waals surface area contributed by atoms with E-state index in [-0.39, 0.29) is 23.3 Å². The summed E-state index contributed by atoms with van der Waals surface area (Å²) in [5.41, 5.74) is 0.531. The lowest BCUT2D eigenvalue weighted by Gasteiger charge is -2.18. The summed E-state index contributed by atoms with van der Waals surface area (Å²) in [6.07, 6.45) is 0.945. The number of ether oxygens (including phenoxy) is 1. The molecule has 0 aliphatic carbocycles. The first-order valence-corrected chi connectivity index (χ1v) is 9.82. The maximum absolute atomic E-state index is 12.9. The molecule has 0 aliphatic rings. The van der Waals surface area contributed by atoms with Crippen LogP contribution in [0.3, 0.4) is 0 Å². The first-order chi connectivity index (χ1) is 12.4. The summed E-state index contributed by atoms with van der Waals surface area (Å²) >= 11 is 1.28. The molecule has 2 aromatic rings. The number of thioether (sulfide) groups is 1. The summed E-state index contributed by atoms with van der Waals surface area (Å²) in [5, 5.41) is 4.02. The Kier molecular flexibility index (Phi) is 7.66. The average molecular weight is 378 g/mol. The van der Waals surface area contributed by atoms with Crippen molar-refractivity contribution in [1.29, 1.82) is 0 Å². The third kappa shape index (κ3) is 5.32. The van der Waals surface area contributed by atoms with Crippen molar-refractivity contribution in [2.75, 3.05) is 26.0 Å². The molecule has 0 saturated carbocycles. The molecular formula is C19H27N3O3S. The van der Waals surface area contributed by atoms with Crippen molar-refractivity contribution in [2.45, 2.75) is 38.4 Å². The molecule has 0 bridgehead atoms. The van der Waals surface area contributed by atoms with Gasteiger partial charge in [0.2, 0.25) is 5.91 Å². The fourth-order valence-electron chi connectivity index (χ4n) is 2.61. The molecule has 1 N–H and O–H groups in total. The summed E-state index contributed by atoms with van der Waals surface area (Å²) in [6, 6.07) is 7.09. The number of hydrogen-bond acceptors (Lipinski definition) is 5. The van der Waals surface area contributed by atoms with Gasteiger partial charge in [0.15, 0.2) is 5.16 Å². The largest absolute Gasteiger partial charge is 0.383 e. The summed E-state index contributed by atoms with van der Waals surface area (Å²) < 4.78 is 6.83. The Morgan fingerprint density at radius 3 is 2.73 bits per heavy atom. The van der Waals surface area contributed by atoms with Gasteiger partial charge < -0.3 is 10.1 Å². The minimum Gasteiger partial charge on any atom is -0.383 e. The first kappa shape index (κ1) is 20.5. The van der Waals surface area contributed by atoms with Crippen molar-refractivity contribution >= 4 is 28.6 Å². The van der Waals surface area contributed by atoms with Crippen molar-refractivity contribution in [2.24, 2.45) is 5.92 Å². The topological polar surface area (TPSA) is 73.2 Å². The molecule has 7 heteroatoms. The van der Waals surface area contributed by atoms with Gasteiger partial charge in [0.25, 0.3) is 5.56 Å². The van der Waals surface area contributed by atoms with Gasteiger partial charge in [0, 0.05) is 13.7 Å². The van der Waals surface area contributed by atoms with Crippen LogP contribution in [0.1, 0.15) is 33.2 Å². The number of carbonyl (C=O) groups excluding carboxylic acids is 1. The number of methoxy groups -OCH3 is 1. The van der Waals surface area contributed by atoms with Gasteiger partial charge in [-0.05, 0) is 31.4 Å². The van der Waals surface area contributed by atoms with E-state index < -0.39 is 0 Å². The zero-order valence-electron chi connectivity index (χ0n) is 15.8. The maximum Gasteiger partial charge on any atom is 0.262 e. The Labute approximate surface area is 158 Å². The number of fused-ring (bicyclic) bond motifs is 1. The summed E-state index contributed by atoms with van der Waals surface area (Å²) in [7, 11) is 1.60. The molecule has 0 saturated heterocycles. The third-order valence-electron chi connectivity index (χ3n) is 4.00. The van der Waals surface area contributed by atoms with E-state index in [0.717, 1.165) is 6.42 Å². The molecule has 0 fully saturated rings. The second-order valence-corrected chi connectivity index (χ2v) is 7.65. The Morgan fingerprint density at radius 1 is 1.31 bits per heavy atom. The lowest BCUT2D eigenvalue weighted by molar-refractivity contribution is -0.118. The molecule has 0 aliphatic heterocycles. The van der Waals surface area contributed by atoms with Gasteiger partial charge in [-0.15, -0.1) is 0 Å². The number of benzene rings is 1. The molecule has 0 radical (unpaired) electrons. The molecule has 26 heavy (non-hydrogen) atoms. The van der Waals surface area contributed by atoms with Crippen molar-refractivity contribution in [1.82, 2.24) is 14.9 Å². The molecule has 2 rings (SSSR count). The molecule has 0 spiro atoms. The minimum absolute atomic E-state index is 0.0518. The summed E-state index contributed by atoms with van der Waals surface area (Å²) in [4.78, 5) is 29.6. The molecule has 1 atom stereocenters. The Hall–Kier alpha value is -1.86. The zero-order chi connectivity index (χ0) is 19.1. The van der Waals surface area contributed by atoms with Crippen LogP contribution in [-0.4, -0.2) is 41.5 Å². The number of aromatic nitrogens is 2. The molecule has 142 valence electrons. The van der Waals surface area contributed by atoms with Crippen LogP contribution in [0.15, 0.2) is 34.2 Å². The smallest absolute Gasteiger partial charge is 0.262 e. The standard InChI is InChI=1S/C19H27N3O3S/c1-13(2)9-10-20-17(23)12-26-19-21-16-8-6-5-7-15(16)18(24)22(19)14(3)11-25-4/h5-8,13-14H,9-12H2,1-4H3,(H,20,23)/t14-/m0/s1. The number of nitrogens with one attached hydrogen (secondary N) is 1. The fraction of sp³-hybridized carbons (Fsp3) is 0.526. The van der Waals surface area contributed by atoms with E-state index in [1.54, 1.807) is 17.7 Å². The molecule has 0 unspecified atom stereocenters. The highest BCUT2D eigenvalue weighted by molar-refractivity contribution is 7.99. The van der Waals surface area contributed by atoms with Gasteiger partial charge in [0.1, 0.15) is 0 Å². The third-order valence-corrected chi connectivity index (χ3v) is 4.95. The van der Waals surface area contributed by atoms with Crippen molar-refractivity contribution in [3.63, 3.8) is 0 Å². The lowest BCUT2D eigenvalue weighted by Crippen LogP contribution is -2.30. The molecular weight excluding hydrogens is 350 g/mol. The predicted molar refractivity (Wildman–Crippen MR) is 106 cm³/mol. The second-order valence-electron chi connectivity index (χ2n) is 6.71. The van der Waals surface area contributed by atoms with Crippen molar-refractivity contribution in [3.05, 3.63) is 34.6 Å². The number of nitrogens with zero attached hydrogens (tertiary/aromatic N) is 2. The molecule has 1 aromatic carbocycles. The van der Waals surface area contributed by atoms with Crippen LogP contribution in [-0.2, 0) is 9.53 Å². The molecule has 1 heterocycles. The average Bonchev–Trinajstić information content (AvgIpc) is 2.60. The van der Waals surface area contributed by atoms with E-state index in [1.165, 1.54) is 11.8 Å². The highest BCUT2D eigenvalue weighted by Gasteiger charge is 2.17. The van der Waals surface area contributed by atoms with E-state index in [0.29, 0.717) is 35.1 Å². The minimum atomic E-state index is -0.170. The van der Waals surface area contributed by atoms with Crippen LogP contribution in [0.4, 0.5) is 0 Å². The van der Waals surface area contributed by atoms with E-state index in [9.17, 15) is 9.59 Å². The van der Waals surface area contributed by atoms with Crippen LogP contribution >= 0.6 is 11.8 Å². The number of carbonyl (C=O) groups is 1.